The van der Waals surface area contributed by atoms with Gasteiger partial charge < -0.3 is 9.64 Å². The summed E-state index contributed by atoms with van der Waals surface area (Å²) in [5, 5.41) is -0.253. The fraction of sp³-hybridized carbons (Fsp3) is 0.355. The number of hydrogen-bond acceptors (Lipinski definition) is 4. The first-order chi connectivity index (χ1) is 20.0. The molecule has 0 N–H and O–H groups in total. The summed E-state index contributed by atoms with van der Waals surface area (Å²) in [5.74, 6) is -1.05. The smallest absolute Gasteiger partial charge is 0.162 e. The monoisotopic (exact) mass is 543 g/mol. The molecule has 0 aliphatic carbocycles. The van der Waals surface area contributed by atoms with E-state index in [4.69, 9.17) is 21.8 Å². The van der Waals surface area contributed by atoms with E-state index in [-0.39, 0.29) is 59.3 Å². The van der Waals surface area contributed by atoms with E-state index < -0.39 is 17.2 Å². The van der Waals surface area contributed by atoms with Crippen molar-refractivity contribution in [3.63, 3.8) is 0 Å². The van der Waals surface area contributed by atoms with E-state index in [1.807, 2.05) is 0 Å². The maximum atomic E-state index is 13.2. The third-order valence-electron chi connectivity index (χ3n) is 6.85. The Morgan fingerprint density at radius 2 is 1.34 bits per heavy atom. The zero-order valence-electron chi connectivity index (χ0n) is 25.0. The molecule has 1 saturated heterocycles. The second kappa shape index (κ2) is 13.2. The van der Waals surface area contributed by atoms with Gasteiger partial charge in [0, 0.05) is 48.7 Å². The van der Waals surface area contributed by atoms with Crippen LogP contribution in [0.3, 0.4) is 0 Å². The molecule has 1 heterocycles. The third-order valence-corrected chi connectivity index (χ3v) is 7.04. The maximum Gasteiger partial charge on any atom is 0.162 e. The van der Waals surface area contributed by atoms with E-state index in [1.54, 1.807) is 0 Å². The largest absolute Gasteiger partial charge is 0.370 e. The van der Waals surface area contributed by atoms with Crippen LogP contribution in [0, 0.1) is 11.6 Å². The summed E-state index contributed by atoms with van der Waals surface area (Å²) in [6, 6.07) is 9.64. The van der Waals surface area contributed by atoms with Crippen LogP contribution in [-0.2, 0) is 10.3 Å². The fourth-order valence-electron chi connectivity index (χ4n) is 4.65. The quantitative estimate of drug-likeness (QED) is 0.178. The second-order valence-corrected chi connectivity index (χ2v) is 9.82. The molecule has 0 unspecified atom stereocenters. The van der Waals surface area contributed by atoms with Crippen molar-refractivity contribution in [2.45, 2.75) is 44.1 Å². The minimum absolute atomic E-state index is 0.0651. The summed E-state index contributed by atoms with van der Waals surface area (Å²) in [6.07, 6.45) is 2.17. The van der Waals surface area contributed by atoms with Gasteiger partial charge in [-0.05, 0) is 98.4 Å². The van der Waals surface area contributed by atoms with Crippen LogP contribution in [0.2, 0.25) is 5.02 Å². The molecule has 0 atom stereocenters. The summed E-state index contributed by atoms with van der Waals surface area (Å²) in [4.78, 5) is 27.2. The molecule has 1 aliphatic rings. The Kier molecular flexibility index (Phi) is 8.01. The molecule has 0 bridgehead atoms. The highest BCUT2D eigenvalue weighted by Crippen LogP contribution is 2.37. The number of ketones is 2. The molecule has 0 amide bonds. The molecule has 1 aliphatic heterocycles. The lowest BCUT2D eigenvalue weighted by Gasteiger charge is -2.42. The molecule has 200 valence electrons. The number of likely N-dealkylation sites (tertiary alicyclic amines) is 1. The van der Waals surface area contributed by atoms with Crippen molar-refractivity contribution in [2.24, 2.45) is 0 Å². The van der Waals surface area contributed by atoms with Gasteiger partial charge in [-0.15, -0.1) is 0 Å². The summed E-state index contributed by atoms with van der Waals surface area (Å²) in [7, 11) is 0. The summed E-state index contributed by atoms with van der Waals surface area (Å²) < 4.78 is 66.4. The van der Waals surface area contributed by atoms with Crippen LogP contribution in [0.25, 0.3) is 0 Å². The number of carbonyl (C=O) groups excluding carboxylic acids is 2. The van der Waals surface area contributed by atoms with E-state index in [1.165, 1.54) is 48.5 Å². The lowest BCUT2D eigenvalue weighted by atomic mass is 9.84. The minimum Gasteiger partial charge on any atom is -0.370 e. The molecule has 4 nitrogen and oxygen atoms in total. The molecule has 0 radical (unpaired) electrons. The topological polar surface area (TPSA) is 46.6 Å². The number of piperidine rings is 1. The van der Waals surface area contributed by atoms with Crippen LogP contribution >= 0.6 is 11.6 Å². The lowest BCUT2D eigenvalue weighted by molar-refractivity contribution is -0.0905. The molecule has 0 aromatic heterocycles. The van der Waals surface area contributed by atoms with E-state index >= 15 is 0 Å². The van der Waals surface area contributed by atoms with Crippen LogP contribution in [0.4, 0.5) is 8.78 Å². The van der Waals surface area contributed by atoms with Crippen LogP contribution in [0.1, 0.15) is 70.3 Å². The van der Waals surface area contributed by atoms with Crippen molar-refractivity contribution in [2.75, 3.05) is 26.2 Å². The minimum atomic E-state index is -1.12. The zero-order valence-corrected chi connectivity index (χ0v) is 21.8. The van der Waals surface area contributed by atoms with Gasteiger partial charge in [0.05, 0.1) is 11.1 Å². The molecule has 4 rings (SSSR count). The van der Waals surface area contributed by atoms with Gasteiger partial charge in [0.25, 0.3) is 0 Å². The van der Waals surface area contributed by atoms with Crippen LogP contribution < -0.4 is 0 Å². The highest BCUT2D eigenvalue weighted by molar-refractivity contribution is 6.30. The Labute approximate surface area is 233 Å². The van der Waals surface area contributed by atoms with Gasteiger partial charge in [-0.1, -0.05) is 23.7 Å². The predicted octanol–water partition coefficient (Wildman–Crippen LogP) is 7.25. The Morgan fingerprint density at radius 1 is 0.842 bits per heavy atom. The third kappa shape index (κ3) is 7.56. The van der Waals surface area contributed by atoms with Crippen molar-refractivity contribution in [1.29, 1.82) is 0 Å². The standard InChI is InChI=1S/C31H32ClF2NO3/c32-26-11-9-25(10-12-26)31(38-22-2-4-30(37)24-7-15-28(34)16-8-24)17-20-35(21-18-31)19-1-3-29(36)23-5-13-27(33)14-6-23/h5-16H,1-4,17-22H2/i9D,10D,11D,12D. The summed E-state index contributed by atoms with van der Waals surface area (Å²) >= 11 is 6.06. The average Bonchev–Trinajstić information content (AvgIpc) is 2.99. The van der Waals surface area contributed by atoms with Crippen molar-refractivity contribution in [3.05, 3.63) is 106 Å². The van der Waals surface area contributed by atoms with E-state index in [0.717, 1.165) is 0 Å². The van der Waals surface area contributed by atoms with Gasteiger partial charge in [-0.2, -0.15) is 0 Å². The van der Waals surface area contributed by atoms with E-state index in [2.05, 4.69) is 4.90 Å². The normalized spacial score (nSPS) is 16.8. The summed E-state index contributed by atoms with van der Waals surface area (Å²) in [6.45, 7) is 1.83. The molecular formula is C31H32ClF2NO3. The lowest BCUT2D eigenvalue weighted by Crippen LogP contribution is -2.44. The van der Waals surface area contributed by atoms with E-state index in [0.29, 0.717) is 62.9 Å². The van der Waals surface area contributed by atoms with Gasteiger partial charge >= 0.3 is 0 Å². The van der Waals surface area contributed by atoms with Crippen LogP contribution in [0.5, 0.6) is 0 Å². The molecule has 7 heteroatoms. The van der Waals surface area contributed by atoms with Gasteiger partial charge in [-0.3, -0.25) is 9.59 Å². The van der Waals surface area contributed by atoms with E-state index in [9.17, 15) is 18.4 Å². The highest BCUT2D eigenvalue weighted by atomic mass is 35.5. The molecule has 0 saturated carbocycles. The van der Waals surface area contributed by atoms with Crippen molar-refractivity contribution in [1.82, 2.24) is 4.90 Å². The highest BCUT2D eigenvalue weighted by Gasteiger charge is 2.37. The molecule has 3 aromatic carbocycles. The maximum absolute atomic E-state index is 13.2. The first-order valence-electron chi connectivity index (χ1n) is 14.7. The number of halogens is 3. The Morgan fingerprint density at radius 3 is 1.87 bits per heavy atom. The van der Waals surface area contributed by atoms with Gasteiger partial charge in [-0.25, -0.2) is 8.78 Å². The van der Waals surface area contributed by atoms with Crippen molar-refractivity contribution >= 4 is 23.2 Å². The van der Waals surface area contributed by atoms with Gasteiger partial charge in [0.2, 0.25) is 0 Å². The second-order valence-electron chi connectivity index (χ2n) is 9.44. The molecule has 1 fully saturated rings. The Bertz CT molecular complexity index is 1400. The van der Waals surface area contributed by atoms with Gasteiger partial charge in [0.15, 0.2) is 11.6 Å². The molecule has 3 aromatic rings. The fourth-order valence-corrected chi connectivity index (χ4v) is 4.75. The number of Topliss-reactive ketones (excluding diaryl/α,β-unsaturated/α-hetero) is 2. The number of hydrogen-bond donors (Lipinski definition) is 0. The summed E-state index contributed by atoms with van der Waals surface area (Å²) in [5.41, 5.74) is -0.108. The number of nitrogens with zero attached hydrogens (tertiary/aromatic N) is 1. The van der Waals surface area contributed by atoms with Crippen LogP contribution in [-0.4, -0.2) is 42.7 Å². The zero-order chi connectivity index (χ0) is 30.4. The molecule has 38 heavy (non-hydrogen) atoms. The Hall–Kier alpha value is -2.93. The van der Waals surface area contributed by atoms with Crippen molar-refractivity contribution < 1.29 is 28.6 Å². The number of benzene rings is 3. The SMILES string of the molecule is [2H]c1c([2H])c(C2(OCCCC(=O)c3ccc(F)cc3)CCN(CCCC(=O)c3ccc(F)cc3)CC2)c([2H])c([2H])c1Cl. The average molecular weight is 544 g/mol. The number of carbonyl (C=O) groups is 2. The first-order valence-corrected chi connectivity index (χ1v) is 13.1. The number of ether oxygens (including phenoxy) is 1. The molecular weight excluding hydrogens is 508 g/mol. The Balaban J connectivity index is 1.42. The number of rotatable bonds is 12. The predicted molar refractivity (Wildman–Crippen MR) is 145 cm³/mol. The van der Waals surface area contributed by atoms with Gasteiger partial charge in [0.1, 0.15) is 11.6 Å². The first kappa shape index (κ1) is 23.0. The van der Waals surface area contributed by atoms with Crippen molar-refractivity contribution in [3.8, 4) is 0 Å². The van der Waals surface area contributed by atoms with Crippen LogP contribution in [0.15, 0.2) is 72.7 Å². The molecule has 0 spiro atoms.